The van der Waals surface area contributed by atoms with Gasteiger partial charge in [-0.15, -0.1) is 11.6 Å². The fourth-order valence-electron chi connectivity index (χ4n) is 1.10. The van der Waals surface area contributed by atoms with Gasteiger partial charge in [-0.1, -0.05) is 15.9 Å². The molecule has 0 aliphatic heterocycles. The first-order valence-electron chi connectivity index (χ1n) is 3.87. The molecule has 4 heteroatoms. The van der Waals surface area contributed by atoms with E-state index in [0.29, 0.717) is 11.4 Å². The summed E-state index contributed by atoms with van der Waals surface area (Å²) in [5, 5.41) is 2.94. The molecule has 1 aromatic carbocycles. The van der Waals surface area contributed by atoms with Crippen LogP contribution in [0.1, 0.15) is 11.6 Å². The van der Waals surface area contributed by atoms with Gasteiger partial charge in [0, 0.05) is 22.0 Å². The molecule has 0 aliphatic carbocycles. The van der Waals surface area contributed by atoms with Gasteiger partial charge in [0.2, 0.25) is 0 Å². The van der Waals surface area contributed by atoms with Crippen molar-refractivity contribution in [2.75, 3.05) is 12.9 Å². The van der Waals surface area contributed by atoms with Crippen LogP contribution in [0.25, 0.3) is 0 Å². The van der Waals surface area contributed by atoms with Crippen LogP contribution in [0.15, 0.2) is 22.7 Å². The number of benzene rings is 1. The minimum atomic E-state index is -0.233. The van der Waals surface area contributed by atoms with E-state index in [2.05, 4.69) is 21.2 Å². The third-order valence-electron chi connectivity index (χ3n) is 1.84. The highest BCUT2D eigenvalue weighted by molar-refractivity contribution is 9.10. The van der Waals surface area contributed by atoms with E-state index >= 15 is 0 Å². The van der Waals surface area contributed by atoms with Gasteiger partial charge in [-0.05, 0) is 25.2 Å². The fraction of sp³-hybridized carbons (Fsp3) is 0.333. The Labute approximate surface area is 90.4 Å². The highest BCUT2D eigenvalue weighted by Gasteiger charge is 2.12. The first-order valence-corrected chi connectivity index (χ1v) is 5.20. The quantitative estimate of drug-likeness (QED) is 0.829. The van der Waals surface area contributed by atoms with Crippen LogP contribution in [0.3, 0.4) is 0 Å². The van der Waals surface area contributed by atoms with Gasteiger partial charge >= 0.3 is 0 Å². The average Bonchev–Trinajstić information content (AvgIpc) is 2.13. The molecule has 0 radical (unpaired) electrons. The molecule has 0 amide bonds. The fourth-order valence-corrected chi connectivity index (χ4v) is 1.80. The number of nitrogens with one attached hydrogen (secondary N) is 1. The van der Waals surface area contributed by atoms with Gasteiger partial charge in [-0.3, -0.25) is 0 Å². The zero-order valence-corrected chi connectivity index (χ0v) is 9.49. The van der Waals surface area contributed by atoms with E-state index in [-0.39, 0.29) is 11.9 Å². The molecule has 0 spiro atoms. The van der Waals surface area contributed by atoms with Crippen molar-refractivity contribution in [2.24, 2.45) is 0 Å². The summed E-state index contributed by atoms with van der Waals surface area (Å²) >= 11 is 8.97. The van der Waals surface area contributed by atoms with Crippen LogP contribution in [-0.2, 0) is 0 Å². The topological polar surface area (TPSA) is 12.0 Å². The van der Waals surface area contributed by atoms with E-state index in [9.17, 15) is 4.39 Å². The normalized spacial score (nSPS) is 12.9. The minimum absolute atomic E-state index is 0.140. The van der Waals surface area contributed by atoms with E-state index in [1.54, 1.807) is 19.2 Å². The number of alkyl halides is 1. The van der Waals surface area contributed by atoms with Crippen molar-refractivity contribution >= 4 is 27.5 Å². The van der Waals surface area contributed by atoms with Crippen molar-refractivity contribution in [3.8, 4) is 0 Å². The molecule has 0 saturated carbocycles. The molecule has 13 heavy (non-hydrogen) atoms. The summed E-state index contributed by atoms with van der Waals surface area (Å²) in [4.78, 5) is 0. The molecular formula is C9H10BrClFN. The third-order valence-corrected chi connectivity index (χ3v) is 2.64. The Balaban J connectivity index is 3.03. The zero-order chi connectivity index (χ0) is 9.84. The van der Waals surface area contributed by atoms with E-state index < -0.39 is 0 Å². The molecule has 0 fully saturated rings. The molecule has 0 aromatic heterocycles. The lowest BCUT2D eigenvalue weighted by Crippen LogP contribution is -2.19. The van der Waals surface area contributed by atoms with Crippen molar-refractivity contribution < 1.29 is 4.39 Å². The number of halogens is 3. The van der Waals surface area contributed by atoms with E-state index in [1.165, 1.54) is 6.07 Å². The maximum Gasteiger partial charge on any atom is 0.128 e. The number of rotatable bonds is 3. The molecule has 1 rings (SSSR count). The summed E-state index contributed by atoms with van der Waals surface area (Å²) in [6.45, 7) is 0. The van der Waals surface area contributed by atoms with Gasteiger partial charge in [0.1, 0.15) is 5.82 Å². The first kappa shape index (κ1) is 11.0. The highest BCUT2D eigenvalue weighted by Crippen LogP contribution is 2.22. The number of hydrogen-bond donors (Lipinski definition) is 1. The predicted molar refractivity (Wildman–Crippen MR) is 56.6 cm³/mol. The van der Waals surface area contributed by atoms with E-state index in [0.717, 1.165) is 4.47 Å². The second-order valence-electron chi connectivity index (χ2n) is 2.66. The first-order chi connectivity index (χ1) is 6.19. The van der Waals surface area contributed by atoms with Crippen LogP contribution in [0, 0.1) is 5.82 Å². The van der Waals surface area contributed by atoms with Crippen molar-refractivity contribution in [1.29, 1.82) is 0 Å². The second-order valence-corrected chi connectivity index (χ2v) is 3.89. The maximum absolute atomic E-state index is 13.3. The molecular weight excluding hydrogens is 256 g/mol. The van der Waals surface area contributed by atoms with Gasteiger partial charge < -0.3 is 5.32 Å². The molecule has 1 aromatic rings. The van der Waals surface area contributed by atoms with Crippen LogP contribution in [0.2, 0.25) is 0 Å². The highest BCUT2D eigenvalue weighted by atomic mass is 79.9. The monoisotopic (exact) mass is 265 g/mol. The van der Waals surface area contributed by atoms with Crippen LogP contribution >= 0.6 is 27.5 Å². The standard InChI is InChI=1S/C9H10BrClFN/c1-13-9(5-11)7-4-6(10)2-3-8(7)12/h2-4,9,13H,5H2,1H3. The maximum atomic E-state index is 13.3. The van der Waals surface area contributed by atoms with Crippen molar-refractivity contribution in [3.63, 3.8) is 0 Å². The molecule has 72 valence electrons. The molecule has 1 nitrogen and oxygen atoms in total. The lowest BCUT2D eigenvalue weighted by Gasteiger charge is -2.14. The Morgan fingerprint density at radius 3 is 2.85 bits per heavy atom. The van der Waals surface area contributed by atoms with Crippen LogP contribution in [-0.4, -0.2) is 12.9 Å². The van der Waals surface area contributed by atoms with Gasteiger partial charge in [0.25, 0.3) is 0 Å². The van der Waals surface area contributed by atoms with Gasteiger partial charge in [-0.25, -0.2) is 4.39 Å². The Bertz CT molecular complexity index is 289. The molecule has 1 unspecified atom stereocenters. The Morgan fingerprint density at radius 1 is 1.62 bits per heavy atom. The zero-order valence-electron chi connectivity index (χ0n) is 7.15. The third kappa shape index (κ3) is 2.66. The molecule has 0 aliphatic rings. The van der Waals surface area contributed by atoms with Crippen LogP contribution < -0.4 is 5.32 Å². The average molecular weight is 267 g/mol. The lowest BCUT2D eigenvalue weighted by atomic mass is 10.1. The molecule has 0 saturated heterocycles. The van der Waals surface area contributed by atoms with E-state index in [1.807, 2.05) is 0 Å². The van der Waals surface area contributed by atoms with E-state index in [4.69, 9.17) is 11.6 Å². The smallest absolute Gasteiger partial charge is 0.128 e. The van der Waals surface area contributed by atoms with Gasteiger partial charge in [0.05, 0.1) is 0 Å². The molecule has 0 bridgehead atoms. The largest absolute Gasteiger partial charge is 0.312 e. The minimum Gasteiger partial charge on any atom is -0.312 e. The predicted octanol–water partition coefficient (Wildman–Crippen LogP) is 3.09. The second kappa shape index (κ2) is 4.94. The summed E-state index contributed by atoms with van der Waals surface area (Å²) in [5.41, 5.74) is 0.590. The van der Waals surface area contributed by atoms with Crippen LogP contribution in [0.5, 0.6) is 0 Å². The summed E-state index contributed by atoms with van der Waals surface area (Å²) in [7, 11) is 1.76. The van der Waals surface area contributed by atoms with Crippen molar-refractivity contribution in [2.45, 2.75) is 6.04 Å². The van der Waals surface area contributed by atoms with Crippen molar-refractivity contribution in [1.82, 2.24) is 5.32 Å². The summed E-state index contributed by atoms with van der Waals surface area (Å²) in [6.07, 6.45) is 0. The van der Waals surface area contributed by atoms with Gasteiger partial charge in [0.15, 0.2) is 0 Å². The molecule has 1 atom stereocenters. The Morgan fingerprint density at radius 2 is 2.31 bits per heavy atom. The molecule has 0 heterocycles. The summed E-state index contributed by atoms with van der Waals surface area (Å²) in [6, 6.07) is 4.69. The van der Waals surface area contributed by atoms with Crippen LogP contribution in [0.4, 0.5) is 4.39 Å². The Hall–Kier alpha value is -0.120. The summed E-state index contributed by atoms with van der Waals surface area (Å²) < 4.78 is 14.1. The number of hydrogen-bond acceptors (Lipinski definition) is 1. The summed E-state index contributed by atoms with van der Waals surface area (Å²) in [5.74, 6) is 0.118. The lowest BCUT2D eigenvalue weighted by molar-refractivity contribution is 0.564. The van der Waals surface area contributed by atoms with Crippen molar-refractivity contribution in [3.05, 3.63) is 34.1 Å². The molecule has 1 N–H and O–H groups in total. The van der Waals surface area contributed by atoms with Gasteiger partial charge in [-0.2, -0.15) is 0 Å². The SMILES string of the molecule is CNC(CCl)c1cc(Br)ccc1F. The Kier molecular flexibility index (Phi) is 4.16.